The molecule has 2 N–H and O–H groups in total. The summed E-state index contributed by atoms with van der Waals surface area (Å²) in [6, 6.07) is 10.9. The van der Waals surface area contributed by atoms with Gasteiger partial charge in [0.25, 0.3) is 0 Å². The van der Waals surface area contributed by atoms with E-state index in [1.807, 2.05) is 19.9 Å². The van der Waals surface area contributed by atoms with Crippen LogP contribution in [0, 0.1) is 5.41 Å². The third-order valence-electron chi connectivity index (χ3n) is 4.97. The normalized spacial score (nSPS) is 18.5. The summed E-state index contributed by atoms with van der Waals surface area (Å²) >= 11 is 0. The second kappa shape index (κ2) is 6.79. The Morgan fingerprint density at radius 3 is 2.59 bits per heavy atom. The molecular formula is C20H20F3NO3. The number of aryl methyl sites for hydroxylation is 1. The second-order valence-electron chi connectivity index (χ2n) is 7.33. The van der Waals surface area contributed by atoms with Gasteiger partial charge < -0.3 is 15.2 Å². The van der Waals surface area contributed by atoms with E-state index in [-0.39, 0.29) is 17.2 Å². The average Bonchev–Trinajstić information content (AvgIpc) is 2.56. The highest BCUT2D eigenvalue weighted by Gasteiger charge is 2.37. The van der Waals surface area contributed by atoms with Crippen molar-refractivity contribution in [1.82, 2.24) is 5.32 Å². The van der Waals surface area contributed by atoms with E-state index in [9.17, 15) is 18.0 Å². The molecule has 0 unspecified atom stereocenters. The van der Waals surface area contributed by atoms with E-state index in [1.165, 1.54) is 12.1 Å². The summed E-state index contributed by atoms with van der Waals surface area (Å²) in [5, 5.41) is 11.7. The van der Waals surface area contributed by atoms with Gasteiger partial charge in [-0.2, -0.15) is 0 Å². The van der Waals surface area contributed by atoms with Gasteiger partial charge in [0, 0.05) is 5.56 Å². The van der Waals surface area contributed by atoms with Gasteiger partial charge in [0.15, 0.2) is 0 Å². The summed E-state index contributed by atoms with van der Waals surface area (Å²) in [5.41, 5.74) is 2.45. The van der Waals surface area contributed by atoms with Crippen LogP contribution in [0.15, 0.2) is 42.5 Å². The van der Waals surface area contributed by atoms with Crippen molar-refractivity contribution in [3.63, 3.8) is 0 Å². The smallest absolute Gasteiger partial charge is 0.465 e. The highest BCUT2D eigenvalue weighted by atomic mass is 19.4. The minimum Gasteiger partial charge on any atom is -0.465 e. The van der Waals surface area contributed by atoms with Gasteiger partial charge in [0.2, 0.25) is 0 Å². The first kappa shape index (κ1) is 19.1. The molecule has 1 amide bonds. The molecule has 1 aliphatic carbocycles. The molecule has 1 aliphatic rings. The molecule has 0 saturated carbocycles. The van der Waals surface area contributed by atoms with E-state index in [0.717, 1.165) is 24.0 Å². The predicted molar refractivity (Wildman–Crippen MR) is 94.6 cm³/mol. The number of ether oxygens (including phenoxy) is 1. The molecule has 0 saturated heterocycles. The molecule has 0 bridgehead atoms. The molecule has 0 spiro atoms. The lowest BCUT2D eigenvalue weighted by Crippen LogP contribution is -2.40. The predicted octanol–water partition coefficient (Wildman–Crippen LogP) is 5.53. The van der Waals surface area contributed by atoms with Gasteiger partial charge in [-0.25, -0.2) is 4.79 Å². The summed E-state index contributed by atoms with van der Waals surface area (Å²) in [5.74, 6) is -0.263. The molecule has 3 rings (SSSR count). The number of nitrogens with one attached hydrogen (secondary N) is 1. The Hall–Kier alpha value is -2.70. The Balaban J connectivity index is 2.02. The van der Waals surface area contributed by atoms with Crippen molar-refractivity contribution in [3.05, 3.63) is 53.6 Å². The lowest BCUT2D eigenvalue weighted by atomic mass is 9.70. The number of halogens is 3. The number of hydrogen-bond acceptors (Lipinski definition) is 2. The van der Waals surface area contributed by atoms with Gasteiger partial charge >= 0.3 is 12.5 Å². The van der Waals surface area contributed by atoms with Crippen molar-refractivity contribution < 1.29 is 27.8 Å². The largest absolute Gasteiger partial charge is 0.573 e. The maximum absolute atomic E-state index is 12.7. The van der Waals surface area contributed by atoms with Gasteiger partial charge in [-0.15, -0.1) is 13.2 Å². The maximum Gasteiger partial charge on any atom is 0.573 e. The van der Waals surface area contributed by atoms with Crippen LogP contribution in [0.5, 0.6) is 5.75 Å². The number of benzene rings is 2. The molecule has 0 fully saturated rings. The summed E-state index contributed by atoms with van der Waals surface area (Å²) in [7, 11) is 0. The van der Waals surface area contributed by atoms with E-state index < -0.39 is 12.5 Å². The molecule has 4 nitrogen and oxygen atoms in total. The SMILES string of the molecule is CC1(C)CCc2cc(-c3ccccc3OC(F)(F)F)ccc2[C@H]1NC(=O)O. The van der Waals surface area contributed by atoms with Crippen molar-refractivity contribution in [3.8, 4) is 16.9 Å². The fraction of sp³-hybridized carbons (Fsp3) is 0.350. The first-order chi connectivity index (χ1) is 12.6. The average molecular weight is 379 g/mol. The number of rotatable bonds is 3. The zero-order valence-corrected chi connectivity index (χ0v) is 14.9. The molecule has 27 heavy (non-hydrogen) atoms. The number of hydrogen-bond donors (Lipinski definition) is 2. The second-order valence-corrected chi connectivity index (χ2v) is 7.33. The minimum absolute atomic E-state index is 0.260. The zero-order valence-electron chi connectivity index (χ0n) is 14.9. The van der Waals surface area contributed by atoms with E-state index >= 15 is 0 Å². The molecule has 144 valence electrons. The summed E-state index contributed by atoms with van der Waals surface area (Å²) in [6.45, 7) is 3.99. The monoisotopic (exact) mass is 379 g/mol. The van der Waals surface area contributed by atoms with Crippen LogP contribution >= 0.6 is 0 Å². The molecule has 0 aliphatic heterocycles. The molecule has 2 aromatic carbocycles. The van der Waals surface area contributed by atoms with Crippen LogP contribution in [-0.4, -0.2) is 17.6 Å². The number of carbonyl (C=O) groups is 1. The summed E-state index contributed by atoms with van der Waals surface area (Å²) < 4.78 is 42.2. The van der Waals surface area contributed by atoms with Crippen molar-refractivity contribution in [2.75, 3.05) is 0 Å². The van der Waals surface area contributed by atoms with Crippen molar-refractivity contribution in [1.29, 1.82) is 0 Å². The number of amides is 1. The zero-order chi connectivity index (χ0) is 19.8. The minimum atomic E-state index is -4.77. The molecule has 0 heterocycles. The van der Waals surface area contributed by atoms with E-state index in [2.05, 4.69) is 10.1 Å². The topological polar surface area (TPSA) is 58.6 Å². The third-order valence-corrected chi connectivity index (χ3v) is 4.97. The highest BCUT2D eigenvalue weighted by Crippen LogP contribution is 2.45. The Morgan fingerprint density at radius 2 is 1.93 bits per heavy atom. The summed E-state index contributed by atoms with van der Waals surface area (Å²) in [4.78, 5) is 11.2. The van der Waals surface area contributed by atoms with Gasteiger partial charge in [-0.3, -0.25) is 0 Å². The molecule has 0 radical (unpaired) electrons. The van der Waals surface area contributed by atoms with Crippen LogP contribution < -0.4 is 10.1 Å². The first-order valence-electron chi connectivity index (χ1n) is 8.54. The third kappa shape index (κ3) is 4.18. The maximum atomic E-state index is 12.7. The molecule has 2 aromatic rings. The van der Waals surface area contributed by atoms with Gasteiger partial charge in [0.1, 0.15) is 5.75 Å². The summed E-state index contributed by atoms with van der Waals surface area (Å²) in [6.07, 6.45) is -4.40. The Kier molecular flexibility index (Phi) is 4.80. The first-order valence-corrected chi connectivity index (χ1v) is 8.54. The van der Waals surface area contributed by atoms with E-state index in [4.69, 9.17) is 5.11 Å². The Morgan fingerprint density at radius 1 is 1.22 bits per heavy atom. The lowest BCUT2D eigenvalue weighted by Gasteiger charge is -2.40. The molecule has 0 aromatic heterocycles. The van der Waals surface area contributed by atoms with Crippen molar-refractivity contribution >= 4 is 6.09 Å². The quantitative estimate of drug-likeness (QED) is 0.737. The van der Waals surface area contributed by atoms with Gasteiger partial charge in [-0.05, 0) is 41.0 Å². The van der Waals surface area contributed by atoms with Crippen LogP contribution in [0.3, 0.4) is 0 Å². The molecule has 7 heteroatoms. The number of fused-ring (bicyclic) bond motifs is 1. The highest BCUT2D eigenvalue weighted by molar-refractivity contribution is 5.72. The number of carboxylic acid groups (broad SMARTS) is 1. The van der Waals surface area contributed by atoms with Crippen LogP contribution in [0.25, 0.3) is 11.1 Å². The fourth-order valence-electron chi connectivity index (χ4n) is 3.61. The van der Waals surface area contributed by atoms with Crippen LogP contribution in [0.4, 0.5) is 18.0 Å². The van der Waals surface area contributed by atoms with E-state index in [1.54, 1.807) is 24.3 Å². The molecule has 1 atom stereocenters. The standard InChI is InChI=1S/C20H20F3NO3/c1-19(2)10-9-13-11-12(7-8-15(13)17(19)24-18(25)26)14-5-3-4-6-16(14)27-20(21,22)23/h3-8,11,17,24H,9-10H2,1-2H3,(H,25,26)/t17-/m1/s1. The van der Waals surface area contributed by atoms with Crippen LogP contribution in [-0.2, 0) is 6.42 Å². The van der Waals surface area contributed by atoms with Crippen molar-refractivity contribution in [2.45, 2.75) is 39.1 Å². The Labute approximate surface area is 155 Å². The molecular weight excluding hydrogens is 359 g/mol. The fourth-order valence-corrected chi connectivity index (χ4v) is 3.61. The Bertz CT molecular complexity index is 862. The van der Waals surface area contributed by atoms with Gasteiger partial charge in [0.05, 0.1) is 6.04 Å². The van der Waals surface area contributed by atoms with Crippen LogP contribution in [0.2, 0.25) is 0 Å². The van der Waals surface area contributed by atoms with Crippen LogP contribution in [0.1, 0.15) is 37.4 Å². The van der Waals surface area contributed by atoms with E-state index in [0.29, 0.717) is 11.1 Å². The van der Waals surface area contributed by atoms with Crippen molar-refractivity contribution in [2.24, 2.45) is 5.41 Å². The number of alkyl halides is 3. The van der Waals surface area contributed by atoms with Gasteiger partial charge in [-0.1, -0.05) is 50.2 Å². The number of para-hydroxylation sites is 1. The lowest BCUT2D eigenvalue weighted by molar-refractivity contribution is -0.274.